The summed E-state index contributed by atoms with van der Waals surface area (Å²) in [5.74, 6) is 1.55. The number of aryl methyl sites for hydroxylation is 3. The maximum absolute atomic E-state index is 12.7. The summed E-state index contributed by atoms with van der Waals surface area (Å²) in [5, 5.41) is 0. The molecule has 6 nitrogen and oxygen atoms in total. The summed E-state index contributed by atoms with van der Waals surface area (Å²) in [6.07, 6.45) is 9.52. The molecule has 3 aromatic rings. The van der Waals surface area contributed by atoms with Crippen LogP contribution in [0.25, 0.3) is 5.82 Å². The third kappa shape index (κ3) is 3.79. The van der Waals surface area contributed by atoms with Crippen LogP contribution in [-0.2, 0) is 29.4 Å². The van der Waals surface area contributed by atoms with Gasteiger partial charge in [0.2, 0.25) is 10.0 Å². The Balaban J connectivity index is 1.52. The maximum Gasteiger partial charge on any atom is 0.240 e. The Hall–Kier alpha value is -2.51. The van der Waals surface area contributed by atoms with Gasteiger partial charge in [-0.1, -0.05) is 6.07 Å². The zero-order valence-electron chi connectivity index (χ0n) is 15.2. The van der Waals surface area contributed by atoms with Crippen LogP contribution in [0.4, 0.5) is 0 Å². The average molecular weight is 382 g/mol. The van der Waals surface area contributed by atoms with Gasteiger partial charge in [0.1, 0.15) is 11.6 Å². The second-order valence-electron chi connectivity index (χ2n) is 6.83. The summed E-state index contributed by atoms with van der Waals surface area (Å²) >= 11 is 0. The molecule has 140 valence electrons. The van der Waals surface area contributed by atoms with E-state index in [1.807, 2.05) is 42.0 Å². The molecule has 0 saturated heterocycles. The normalized spacial score (nSPS) is 14.1. The number of fused-ring (bicyclic) bond motifs is 1. The zero-order chi connectivity index (χ0) is 18.9. The first kappa shape index (κ1) is 17.9. The van der Waals surface area contributed by atoms with Gasteiger partial charge in [-0.2, -0.15) is 0 Å². The number of hydrogen-bond donors (Lipinski definition) is 1. The molecule has 0 radical (unpaired) electrons. The van der Waals surface area contributed by atoms with Gasteiger partial charge >= 0.3 is 0 Å². The maximum atomic E-state index is 12.7. The standard InChI is InChI=1S/C20H22N4O2S/c1-15-21-10-11-24(15)20-12-16(8-9-22-20)14-23-27(25,26)19-7-6-17-4-2-3-5-18(17)13-19/h6-13,23H,2-5,14H2,1H3. The third-order valence-corrected chi connectivity index (χ3v) is 6.38. The van der Waals surface area contributed by atoms with Crippen LogP contribution in [-0.4, -0.2) is 23.0 Å². The Morgan fingerprint density at radius 2 is 1.85 bits per heavy atom. The molecule has 2 heterocycles. The van der Waals surface area contributed by atoms with Crippen molar-refractivity contribution >= 4 is 10.0 Å². The number of nitrogens with zero attached hydrogens (tertiary/aromatic N) is 3. The SMILES string of the molecule is Cc1nccn1-c1cc(CNS(=O)(=O)c2ccc3c(c2)CCCC3)ccn1. The molecule has 1 aliphatic rings. The number of hydrogen-bond acceptors (Lipinski definition) is 4. The lowest BCUT2D eigenvalue weighted by Gasteiger charge is -2.17. The molecule has 7 heteroatoms. The van der Waals surface area contributed by atoms with Crippen LogP contribution in [0.1, 0.15) is 35.4 Å². The Morgan fingerprint density at radius 3 is 2.63 bits per heavy atom. The Kier molecular flexibility index (Phi) is 4.80. The minimum atomic E-state index is -3.56. The Bertz CT molecular complexity index is 1070. The molecule has 0 fully saturated rings. The summed E-state index contributed by atoms with van der Waals surface area (Å²) < 4.78 is 30.0. The zero-order valence-corrected chi connectivity index (χ0v) is 16.0. The lowest BCUT2D eigenvalue weighted by molar-refractivity contribution is 0.580. The van der Waals surface area contributed by atoms with Gasteiger partial charge in [0.25, 0.3) is 0 Å². The summed E-state index contributed by atoms with van der Waals surface area (Å²) in [6, 6.07) is 9.16. The lowest BCUT2D eigenvalue weighted by atomic mass is 9.92. The first-order chi connectivity index (χ1) is 13.0. The first-order valence-electron chi connectivity index (χ1n) is 9.10. The summed E-state index contributed by atoms with van der Waals surface area (Å²) in [4.78, 5) is 8.87. The molecule has 0 amide bonds. The van der Waals surface area contributed by atoms with Crippen molar-refractivity contribution in [3.05, 3.63) is 71.4 Å². The highest BCUT2D eigenvalue weighted by molar-refractivity contribution is 7.89. The Morgan fingerprint density at radius 1 is 1.04 bits per heavy atom. The second kappa shape index (κ2) is 7.25. The quantitative estimate of drug-likeness (QED) is 0.736. The number of aromatic nitrogens is 3. The highest BCUT2D eigenvalue weighted by atomic mass is 32.2. The van der Waals surface area contributed by atoms with Crippen molar-refractivity contribution in [2.45, 2.75) is 44.0 Å². The predicted octanol–water partition coefficient (Wildman–Crippen LogP) is 2.93. The van der Waals surface area contributed by atoms with E-state index in [0.717, 1.165) is 42.0 Å². The van der Waals surface area contributed by atoms with E-state index in [-0.39, 0.29) is 6.54 Å². The summed E-state index contributed by atoms with van der Waals surface area (Å²) in [7, 11) is -3.56. The van der Waals surface area contributed by atoms with E-state index in [9.17, 15) is 8.42 Å². The van der Waals surface area contributed by atoms with Gasteiger partial charge < -0.3 is 0 Å². The first-order valence-corrected chi connectivity index (χ1v) is 10.6. The smallest absolute Gasteiger partial charge is 0.240 e. The van der Waals surface area contributed by atoms with Crippen molar-refractivity contribution in [2.24, 2.45) is 0 Å². The molecule has 0 saturated carbocycles. The van der Waals surface area contributed by atoms with Crippen LogP contribution in [0.3, 0.4) is 0 Å². The van der Waals surface area contributed by atoms with Crippen molar-refractivity contribution in [3.8, 4) is 5.82 Å². The fourth-order valence-corrected chi connectivity index (χ4v) is 4.53. The number of sulfonamides is 1. The molecule has 1 aliphatic carbocycles. The Labute approximate surface area is 159 Å². The summed E-state index contributed by atoms with van der Waals surface area (Å²) in [5.41, 5.74) is 3.27. The van der Waals surface area contributed by atoms with Gasteiger partial charge in [0, 0.05) is 25.1 Å². The summed E-state index contributed by atoms with van der Waals surface area (Å²) in [6.45, 7) is 2.11. The van der Waals surface area contributed by atoms with Gasteiger partial charge in [0.15, 0.2) is 0 Å². The minimum absolute atomic E-state index is 0.211. The topological polar surface area (TPSA) is 76.9 Å². The fraction of sp³-hybridized carbons (Fsp3) is 0.300. The number of pyridine rings is 1. The van der Waals surface area contributed by atoms with Crippen molar-refractivity contribution in [3.63, 3.8) is 0 Å². The van der Waals surface area contributed by atoms with Gasteiger partial charge in [0.05, 0.1) is 4.90 Å². The molecule has 1 aromatic carbocycles. The largest absolute Gasteiger partial charge is 0.288 e. The van der Waals surface area contributed by atoms with Crippen molar-refractivity contribution in [1.29, 1.82) is 0 Å². The third-order valence-electron chi connectivity index (χ3n) is 4.98. The highest BCUT2D eigenvalue weighted by Gasteiger charge is 2.17. The van der Waals surface area contributed by atoms with Crippen LogP contribution in [0.2, 0.25) is 0 Å². The van der Waals surface area contributed by atoms with Gasteiger partial charge in [-0.05, 0) is 73.6 Å². The van der Waals surface area contributed by atoms with Crippen LogP contribution in [0.15, 0.2) is 53.8 Å². The highest BCUT2D eigenvalue weighted by Crippen LogP contribution is 2.24. The van der Waals surface area contributed by atoms with Crippen molar-refractivity contribution in [1.82, 2.24) is 19.3 Å². The number of rotatable bonds is 5. The molecule has 0 bridgehead atoms. The molecule has 0 unspecified atom stereocenters. The molecule has 1 N–H and O–H groups in total. The van der Waals surface area contributed by atoms with E-state index >= 15 is 0 Å². The molecular weight excluding hydrogens is 360 g/mol. The van der Waals surface area contributed by atoms with Crippen LogP contribution < -0.4 is 4.72 Å². The number of nitrogens with one attached hydrogen (secondary N) is 1. The molecule has 4 rings (SSSR count). The fourth-order valence-electron chi connectivity index (χ4n) is 3.46. The monoisotopic (exact) mass is 382 g/mol. The van der Waals surface area contributed by atoms with E-state index in [1.54, 1.807) is 18.5 Å². The lowest BCUT2D eigenvalue weighted by Crippen LogP contribution is -2.23. The van der Waals surface area contributed by atoms with Crippen LogP contribution >= 0.6 is 0 Å². The molecule has 2 aromatic heterocycles. The van der Waals surface area contributed by atoms with Crippen LogP contribution in [0.5, 0.6) is 0 Å². The van der Waals surface area contributed by atoms with E-state index in [0.29, 0.717) is 4.90 Å². The molecule has 0 aliphatic heterocycles. The van der Waals surface area contributed by atoms with Crippen molar-refractivity contribution in [2.75, 3.05) is 0 Å². The van der Waals surface area contributed by atoms with E-state index in [2.05, 4.69) is 14.7 Å². The molecule has 27 heavy (non-hydrogen) atoms. The predicted molar refractivity (Wildman–Crippen MR) is 103 cm³/mol. The molecule has 0 atom stereocenters. The van der Waals surface area contributed by atoms with Crippen molar-refractivity contribution < 1.29 is 8.42 Å². The number of benzene rings is 1. The van der Waals surface area contributed by atoms with Gasteiger partial charge in [-0.3, -0.25) is 4.57 Å². The van der Waals surface area contributed by atoms with E-state index in [4.69, 9.17) is 0 Å². The van der Waals surface area contributed by atoms with E-state index < -0.39 is 10.0 Å². The minimum Gasteiger partial charge on any atom is -0.288 e. The molecule has 0 spiro atoms. The van der Waals surface area contributed by atoms with Gasteiger partial charge in [-0.25, -0.2) is 23.1 Å². The number of imidazole rings is 1. The molecular formula is C20H22N4O2S. The van der Waals surface area contributed by atoms with Gasteiger partial charge in [-0.15, -0.1) is 0 Å². The second-order valence-corrected chi connectivity index (χ2v) is 8.60. The van der Waals surface area contributed by atoms with Crippen LogP contribution in [0, 0.1) is 6.92 Å². The van der Waals surface area contributed by atoms with E-state index in [1.165, 1.54) is 12.0 Å². The average Bonchev–Trinajstić information content (AvgIpc) is 3.12.